The van der Waals surface area contributed by atoms with E-state index >= 15 is 0 Å². The van der Waals surface area contributed by atoms with Gasteiger partial charge in [0.15, 0.2) is 0 Å². The number of fused-ring (bicyclic) bond motifs is 3. The van der Waals surface area contributed by atoms with Gasteiger partial charge in [-0.25, -0.2) is 0 Å². The van der Waals surface area contributed by atoms with E-state index in [1.165, 1.54) is 0 Å². The van der Waals surface area contributed by atoms with Gasteiger partial charge in [0, 0.05) is 16.1 Å². The van der Waals surface area contributed by atoms with E-state index in [9.17, 15) is 4.79 Å². The monoisotopic (exact) mass is 441 g/mol. The van der Waals surface area contributed by atoms with Gasteiger partial charge in [-0.05, 0) is 58.7 Å². The molecule has 4 aromatic carbocycles. The molecule has 2 N–H and O–H groups in total. The van der Waals surface area contributed by atoms with Crippen molar-refractivity contribution in [3.05, 3.63) is 107 Å². The number of halogens is 1. The number of benzene rings is 4. The second-order valence-electron chi connectivity index (χ2n) is 7.60. The van der Waals surface area contributed by atoms with Crippen molar-refractivity contribution in [3.63, 3.8) is 0 Å². The van der Waals surface area contributed by atoms with Crippen LogP contribution in [0.2, 0.25) is 5.02 Å². The number of carbonyl (C=O) groups is 1. The van der Waals surface area contributed by atoms with Gasteiger partial charge in [-0.1, -0.05) is 60.1 Å². The van der Waals surface area contributed by atoms with Crippen LogP contribution in [0.15, 0.2) is 84.9 Å². The quantitative estimate of drug-likeness (QED) is 0.406. The van der Waals surface area contributed by atoms with E-state index in [-0.39, 0.29) is 6.10 Å². The maximum atomic E-state index is 12.0. The molecule has 4 nitrogen and oxygen atoms in total. The average molecular weight is 442 g/mol. The van der Waals surface area contributed by atoms with Crippen molar-refractivity contribution >= 4 is 17.5 Å². The Bertz CT molecular complexity index is 1350. The largest absolute Gasteiger partial charge is 0.496 e. The minimum Gasteiger partial charge on any atom is -0.496 e. The predicted octanol–water partition coefficient (Wildman–Crippen LogP) is 6.26. The zero-order valence-electron chi connectivity index (χ0n) is 17.3. The Kier molecular flexibility index (Phi) is 5.08. The highest BCUT2D eigenvalue weighted by atomic mass is 35.5. The highest BCUT2D eigenvalue weighted by molar-refractivity contribution is 6.30. The summed E-state index contributed by atoms with van der Waals surface area (Å²) in [4.78, 5) is 12.0. The molecule has 0 aromatic heterocycles. The smallest absolute Gasteiger partial charge is 0.249 e. The van der Waals surface area contributed by atoms with Gasteiger partial charge in [0.2, 0.25) is 5.91 Å². The highest BCUT2D eigenvalue weighted by Crippen LogP contribution is 2.49. The molecule has 1 atom stereocenters. The Balaban J connectivity index is 1.76. The van der Waals surface area contributed by atoms with E-state index < -0.39 is 5.91 Å². The fourth-order valence-electron chi connectivity index (χ4n) is 4.28. The lowest BCUT2D eigenvalue weighted by atomic mass is 9.86. The van der Waals surface area contributed by atoms with Gasteiger partial charge < -0.3 is 15.2 Å². The molecule has 4 aromatic rings. The SMILES string of the molecule is COc1cccc2c1-c1ccc(-c3ccccc3C(N)=O)cc1C(c1cccc(Cl)c1)O2. The van der Waals surface area contributed by atoms with Crippen molar-refractivity contribution in [2.75, 3.05) is 7.11 Å². The summed E-state index contributed by atoms with van der Waals surface area (Å²) in [5, 5.41) is 0.638. The standard InChI is InChI=1S/C27H20ClNO3/c1-31-23-10-5-11-24-25(23)20-13-12-16(19-8-2-3-9-21(19)27(29)30)15-22(20)26(32-24)17-6-4-7-18(28)14-17/h2-15,26H,1H3,(H2,29,30). The topological polar surface area (TPSA) is 61.5 Å². The van der Waals surface area contributed by atoms with E-state index in [1.807, 2.05) is 66.7 Å². The number of ether oxygens (including phenoxy) is 2. The van der Waals surface area contributed by atoms with Crippen LogP contribution in [0.25, 0.3) is 22.3 Å². The third kappa shape index (κ3) is 3.39. The van der Waals surface area contributed by atoms with Gasteiger partial charge in [0.05, 0.1) is 12.7 Å². The molecule has 1 aliphatic heterocycles. The van der Waals surface area contributed by atoms with Crippen molar-refractivity contribution in [1.82, 2.24) is 0 Å². The molecule has 0 saturated carbocycles. The Hall–Kier alpha value is -3.76. The second kappa shape index (κ2) is 8.06. The molecule has 5 heteroatoms. The Morgan fingerprint density at radius 1 is 0.938 bits per heavy atom. The van der Waals surface area contributed by atoms with E-state index in [1.54, 1.807) is 19.2 Å². The number of primary amides is 1. The fraction of sp³-hybridized carbons (Fsp3) is 0.0741. The molecule has 1 unspecified atom stereocenters. The van der Waals surface area contributed by atoms with Gasteiger partial charge in [-0.2, -0.15) is 0 Å². The molecular weight excluding hydrogens is 422 g/mol. The van der Waals surface area contributed by atoms with Crippen LogP contribution in [0, 0.1) is 0 Å². The summed E-state index contributed by atoms with van der Waals surface area (Å²) in [5.74, 6) is 1.01. The number of hydrogen-bond acceptors (Lipinski definition) is 3. The van der Waals surface area contributed by atoms with Crippen molar-refractivity contribution < 1.29 is 14.3 Å². The fourth-order valence-corrected chi connectivity index (χ4v) is 4.48. The lowest BCUT2D eigenvalue weighted by molar-refractivity contribution is 0.100. The predicted molar refractivity (Wildman–Crippen MR) is 126 cm³/mol. The lowest BCUT2D eigenvalue weighted by Crippen LogP contribution is -2.16. The van der Waals surface area contributed by atoms with Crippen LogP contribution in [0.1, 0.15) is 27.6 Å². The van der Waals surface area contributed by atoms with Crippen LogP contribution in [0.5, 0.6) is 11.5 Å². The van der Waals surface area contributed by atoms with Crippen LogP contribution >= 0.6 is 11.6 Å². The number of carbonyl (C=O) groups excluding carboxylic acids is 1. The first-order valence-corrected chi connectivity index (χ1v) is 10.6. The second-order valence-corrected chi connectivity index (χ2v) is 8.03. The Morgan fingerprint density at radius 3 is 2.53 bits per heavy atom. The van der Waals surface area contributed by atoms with Crippen LogP contribution in [0.3, 0.4) is 0 Å². The van der Waals surface area contributed by atoms with Gasteiger partial charge in [-0.3, -0.25) is 4.79 Å². The van der Waals surface area contributed by atoms with Crippen molar-refractivity contribution in [3.8, 4) is 33.8 Å². The molecule has 0 saturated heterocycles. The molecule has 0 aliphatic carbocycles. The number of rotatable bonds is 4. The summed E-state index contributed by atoms with van der Waals surface area (Å²) in [6.07, 6.45) is -0.371. The van der Waals surface area contributed by atoms with E-state index in [0.29, 0.717) is 10.6 Å². The van der Waals surface area contributed by atoms with Gasteiger partial charge >= 0.3 is 0 Å². The molecule has 32 heavy (non-hydrogen) atoms. The van der Waals surface area contributed by atoms with Crippen LogP contribution in [0.4, 0.5) is 0 Å². The first-order chi connectivity index (χ1) is 15.6. The molecule has 158 valence electrons. The van der Waals surface area contributed by atoms with Crippen LogP contribution < -0.4 is 15.2 Å². The van der Waals surface area contributed by atoms with E-state index in [0.717, 1.165) is 44.9 Å². The van der Waals surface area contributed by atoms with Crippen molar-refractivity contribution in [1.29, 1.82) is 0 Å². The molecule has 0 fully saturated rings. The summed E-state index contributed by atoms with van der Waals surface area (Å²) in [6, 6.07) is 26.9. The van der Waals surface area contributed by atoms with Crippen LogP contribution in [-0.2, 0) is 0 Å². The molecule has 0 spiro atoms. The van der Waals surface area contributed by atoms with E-state index in [4.69, 9.17) is 26.8 Å². The Morgan fingerprint density at radius 2 is 1.75 bits per heavy atom. The summed E-state index contributed by atoms with van der Waals surface area (Å²) in [5.41, 5.74) is 11.6. The number of nitrogens with two attached hydrogens (primary N) is 1. The zero-order chi connectivity index (χ0) is 22.2. The third-order valence-corrected chi connectivity index (χ3v) is 5.95. The number of amides is 1. The van der Waals surface area contributed by atoms with E-state index in [2.05, 4.69) is 6.07 Å². The average Bonchev–Trinajstić information content (AvgIpc) is 2.82. The number of hydrogen-bond donors (Lipinski definition) is 1. The first-order valence-electron chi connectivity index (χ1n) is 10.2. The molecule has 1 amide bonds. The minimum absolute atomic E-state index is 0.371. The lowest BCUT2D eigenvalue weighted by Gasteiger charge is -2.30. The molecular formula is C27H20ClNO3. The summed E-state index contributed by atoms with van der Waals surface area (Å²) < 4.78 is 12.1. The molecule has 1 aliphatic rings. The zero-order valence-corrected chi connectivity index (χ0v) is 18.1. The maximum absolute atomic E-state index is 12.0. The maximum Gasteiger partial charge on any atom is 0.249 e. The van der Waals surface area contributed by atoms with Gasteiger partial charge in [-0.15, -0.1) is 0 Å². The molecule has 0 radical (unpaired) electrons. The highest BCUT2D eigenvalue weighted by Gasteiger charge is 2.30. The van der Waals surface area contributed by atoms with Gasteiger partial charge in [0.1, 0.15) is 17.6 Å². The minimum atomic E-state index is -0.465. The third-order valence-electron chi connectivity index (χ3n) is 5.71. The summed E-state index contributed by atoms with van der Waals surface area (Å²) in [7, 11) is 1.65. The van der Waals surface area contributed by atoms with Crippen LogP contribution in [-0.4, -0.2) is 13.0 Å². The molecule has 5 rings (SSSR count). The Labute approximate surface area is 191 Å². The first kappa shape index (κ1) is 20.2. The normalized spacial score (nSPS) is 14.1. The van der Waals surface area contributed by atoms with Crippen molar-refractivity contribution in [2.24, 2.45) is 5.73 Å². The van der Waals surface area contributed by atoms with Gasteiger partial charge in [0.25, 0.3) is 0 Å². The van der Waals surface area contributed by atoms with Crippen molar-refractivity contribution in [2.45, 2.75) is 6.10 Å². The summed E-state index contributed by atoms with van der Waals surface area (Å²) >= 11 is 6.29. The molecule has 1 heterocycles. The summed E-state index contributed by atoms with van der Waals surface area (Å²) in [6.45, 7) is 0. The number of methoxy groups -OCH3 is 1. The molecule has 0 bridgehead atoms.